The van der Waals surface area contributed by atoms with E-state index in [1.165, 1.54) is 0 Å². The number of hydrogen-bond donors (Lipinski definition) is 1. The second-order valence-corrected chi connectivity index (χ2v) is 10.6. The first-order valence-corrected chi connectivity index (χ1v) is 14.2. The van der Waals surface area contributed by atoms with E-state index in [1.54, 1.807) is 6.20 Å². The second-order valence-electron chi connectivity index (χ2n) is 10.6. The molecule has 0 saturated carbocycles. The number of aryl methyl sites for hydroxylation is 2. The lowest BCUT2D eigenvalue weighted by atomic mass is 10.0. The van der Waals surface area contributed by atoms with Gasteiger partial charge in [0.25, 0.3) is 0 Å². The third-order valence-electron chi connectivity index (χ3n) is 7.58. The fraction of sp³-hybridized carbons (Fsp3) is 0.167. The molecule has 0 radical (unpaired) electrons. The van der Waals surface area contributed by atoms with Crippen LogP contribution in [0.4, 0.5) is 5.82 Å². The Labute approximate surface area is 245 Å². The maximum absolute atomic E-state index is 12.8. The summed E-state index contributed by atoms with van der Waals surface area (Å²) in [5, 5.41) is 3.97. The lowest BCUT2D eigenvalue weighted by molar-refractivity contribution is -0.119. The summed E-state index contributed by atoms with van der Waals surface area (Å²) in [4.78, 5) is 27.3. The van der Waals surface area contributed by atoms with E-state index in [4.69, 9.17) is 9.97 Å². The molecule has 6 nitrogen and oxygen atoms in total. The molecule has 0 spiro atoms. The molecule has 6 aromatic rings. The molecule has 0 saturated heterocycles. The third-order valence-corrected chi connectivity index (χ3v) is 7.58. The molecule has 4 aromatic heterocycles. The van der Waals surface area contributed by atoms with Gasteiger partial charge in [-0.25, -0.2) is 9.97 Å². The fourth-order valence-corrected chi connectivity index (χ4v) is 5.00. The van der Waals surface area contributed by atoms with Gasteiger partial charge in [-0.3, -0.25) is 14.2 Å². The second kappa shape index (κ2) is 11.3. The van der Waals surface area contributed by atoms with Crippen LogP contribution in [-0.2, 0) is 4.79 Å². The maximum Gasteiger partial charge on any atom is 0.228 e. The van der Waals surface area contributed by atoms with Crippen LogP contribution in [-0.4, -0.2) is 25.3 Å². The summed E-state index contributed by atoms with van der Waals surface area (Å²) in [5.74, 6) is 7.00. The zero-order valence-electron chi connectivity index (χ0n) is 24.1. The standard InChI is InChI=1S/C36H31N5O/c1-5-24(3)36(42)39-31-18-16-29(30(38-31)17-15-26-14-13-25(4)33-28(26)12-9-20-37-33)35-34(27-10-7-6-8-11-27)40-32-22-23(2)19-21-41(32)35/h6-14,16,18-22,24H,5H2,1-4H3,(H,38,39,42)/t24-/m1/s1. The Hall–Kier alpha value is -5.28. The van der Waals surface area contributed by atoms with Gasteiger partial charge >= 0.3 is 0 Å². The maximum atomic E-state index is 12.8. The Bertz CT molecular complexity index is 2010. The van der Waals surface area contributed by atoms with Crippen molar-refractivity contribution in [2.45, 2.75) is 34.1 Å². The van der Waals surface area contributed by atoms with Crippen molar-refractivity contribution in [3.8, 4) is 34.4 Å². The number of aromatic nitrogens is 4. The van der Waals surface area contributed by atoms with Gasteiger partial charge in [0.1, 0.15) is 17.2 Å². The average Bonchev–Trinajstić information content (AvgIpc) is 3.39. The first-order chi connectivity index (χ1) is 20.4. The van der Waals surface area contributed by atoms with E-state index in [2.05, 4.69) is 57.7 Å². The molecule has 0 fully saturated rings. The molecular formula is C36H31N5O. The van der Waals surface area contributed by atoms with E-state index in [0.29, 0.717) is 11.5 Å². The number of benzene rings is 2. The number of rotatable bonds is 5. The summed E-state index contributed by atoms with van der Waals surface area (Å²) in [6, 6.07) is 26.1. The number of carbonyl (C=O) groups is 1. The van der Waals surface area contributed by atoms with Crippen LogP contribution < -0.4 is 5.32 Å². The van der Waals surface area contributed by atoms with Crippen molar-refractivity contribution >= 4 is 28.3 Å². The molecule has 6 rings (SSSR count). The zero-order chi connectivity index (χ0) is 29.2. The topological polar surface area (TPSA) is 72.2 Å². The number of anilines is 1. The number of amides is 1. The van der Waals surface area contributed by atoms with Crippen molar-refractivity contribution < 1.29 is 4.79 Å². The molecule has 2 aromatic carbocycles. The number of pyridine rings is 3. The Balaban J connectivity index is 1.58. The highest BCUT2D eigenvalue weighted by Gasteiger charge is 2.20. The van der Waals surface area contributed by atoms with Gasteiger partial charge in [-0.15, -0.1) is 0 Å². The minimum atomic E-state index is -0.126. The van der Waals surface area contributed by atoms with Crippen LogP contribution in [0.25, 0.3) is 39.1 Å². The summed E-state index contributed by atoms with van der Waals surface area (Å²) < 4.78 is 2.08. The molecule has 206 valence electrons. The lowest BCUT2D eigenvalue weighted by Gasteiger charge is -2.12. The van der Waals surface area contributed by atoms with Crippen LogP contribution in [0, 0.1) is 31.6 Å². The van der Waals surface area contributed by atoms with Crippen molar-refractivity contribution in [3.63, 3.8) is 0 Å². The minimum absolute atomic E-state index is 0.0671. The Morgan fingerprint density at radius 3 is 2.60 bits per heavy atom. The summed E-state index contributed by atoms with van der Waals surface area (Å²) in [6.07, 6.45) is 4.58. The Morgan fingerprint density at radius 1 is 0.952 bits per heavy atom. The van der Waals surface area contributed by atoms with Crippen molar-refractivity contribution in [1.82, 2.24) is 19.4 Å². The normalized spacial score (nSPS) is 11.7. The largest absolute Gasteiger partial charge is 0.310 e. The van der Waals surface area contributed by atoms with Crippen molar-refractivity contribution in [2.24, 2.45) is 5.92 Å². The number of fused-ring (bicyclic) bond motifs is 2. The van der Waals surface area contributed by atoms with Gasteiger partial charge in [0, 0.05) is 40.4 Å². The third kappa shape index (κ3) is 5.13. The van der Waals surface area contributed by atoms with E-state index in [0.717, 1.165) is 62.2 Å². The van der Waals surface area contributed by atoms with E-state index < -0.39 is 0 Å². The number of nitrogens with zero attached hydrogens (tertiary/aromatic N) is 4. The number of carbonyl (C=O) groups excluding carboxylic acids is 1. The fourth-order valence-electron chi connectivity index (χ4n) is 5.00. The van der Waals surface area contributed by atoms with Crippen molar-refractivity contribution in [2.75, 3.05) is 5.32 Å². The van der Waals surface area contributed by atoms with Gasteiger partial charge < -0.3 is 5.32 Å². The predicted molar refractivity (Wildman–Crippen MR) is 169 cm³/mol. The Morgan fingerprint density at radius 2 is 1.79 bits per heavy atom. The van der Waals surface area contributed by atoms with Crippen molar-refractivity contribution in [1.29, 1.82) is 0 Å². The highest BCUT2D eigenvalue weighted by Crippen LogP contribution is 2.35. The molecule has 0 aliphatic carbocycles. The minimum Gasteiger partial charge on any atom is -0.310 e. The van der Waals surface area contributed by atoms with E-state index in [-0.39, 0.29) is 11.8 Å². The molecule has 0 unspecified atom stereocenters. The van der Waals surface area contributed by atoms with Gasteiger partial charge in [-0.05, 0) is 73.7 Å². The smallest absolute Gasteiger partial charge is 0.228 e. The summed E-state index contributed by atoms with van der Waals surface area (Å²) >= 11 is 0. The molecule has 1 amide bonds. The highest BCUT2D eigenvalue weighted by molar-refractivity contribution is 5.92. The molecule has 0 aliphatic rings. The van der Waals surface area contributed by atoms with Crippen LogP contribution >= 0.6 is 0 Å². The molecule has 42 heavy (non-hydrogen) atoms. The van der Waals surface area contributed by atoms with Crippen molar-refractivity contribution in [3.05, 3.63) is 114 Å². The number of nitrogens with one attached hydrogen (secondary N) is 1. The molecule has 6 heteroatoms. The lowest BCUT2D eigenvalue weighted by Crippen LogP contribution is -2.20. The number of hydrogen-bond acceptors (Lipinski definition) is 4. The zero-order valence-corrected chi connectivity index (χ0v) is 24.1. The molecule has 0 aliphatic heterocycles. The summed E-state index contributed by atoms with van der Waals surface area (Å²) in [6.45, 7) is 8.02. The SMILES string of the molecule is CC[C@@H](C)C(=O)Nc1ccc(-c2c(-c3ccccc3)nc3cc(C)ccn23)c(C#Cc2ccc(C)c3ncccc23)n1. The monoisotopic (exact) mass is 549 g/mol. The van der Waals surface area contributed by atoms with Crippen LogP contribution in [0.15, 0.2) is 91.3 Å². The van der Waals surface area contributed by atoms with Crippen LogP contribution in [0.5, 0.6) is 0 Å². The van der Waals surface area contributed by atoms with Gasteiger partial charge in [0.15, 0.2) is 0 Å². The molecular weight excluding hydrogens is 518 g/mol. The highest BCUT2D eigenvalue weighted by atomic mass is 16.1. The van der Waals surface area contributed by atoms with Crippen LogP contribution in [0.3, 0.4) is 0 Å². The first kappa shape index (κ1) is 26.9. The van der Waals surface area contributed by atoms with Crippen LogP contribution in [0.1, 0.15) is 42.7 Å². The van der Waals surface area contributed by atoms with Gasteiger partial charge in [0.2, 0.25) is 5.91 Å². The quantitative estimate of drug-likeness (QED) is 0.225. The molecule has 1 atom stereocenters. The molecule has 4 heterocycles. The van der Waals surface area contributed by atoms with Gasteiger partial charge in [0.05, 0.1) is 16.9 Å². The van der Waals surface area contributed by atoms with E-state index in [9.17, 15) is 4.79 Å². The van der Waals surface area contributed by atoms with Gasteiger partial charge in [-0.1, -0.05) is 62.2 Å². The molecule has 0 bridgehead atoms. The van der Waals surface area contributed by atoms with Crippen LogP contribution in [0.2, 0.25) is 0 Å². The van der Waals surface area contributed by atoms with Gasteiger partial charge in [-0.2, -0.15) is 0 Å². The number of imidazole rings is 1. The summed E-state index contributed by atoms with van der Waals surface area (Å²) in [5.41, 5.74) is 8.96. The predicted octanol–water partition coefficient (Wildman–Crippen LogP) is 7.61. The van der Waals surface area contributed by atoms with E-state index in [1.807, 2.05) is 81.6 Å². The molecule has 1 N–H and O–H groups in total. The van der Waals surface area contributed by atoms with E-state index >= 15 is 0 Å². The first-order valence-electron chi connectivity index (χ1n) is 14.2. The summed E-state index contributed by atoms with van der Waals surface area (Å²) in [7, 11) is 0. The average molecular weight is 550 g/mol. The Kier molecular flexibility index (Phi) is 7.24.